The third-order valence-electron chi connectivity index (χ3n) is 4.76. The normalized spacial score (nSPS) is 16.1. The second kappa shape index (κ2) is 6.65. The molecule has 5 rings (SSSR count). The molecule has 1 aliphatic rings. The van der Waals surface area contributed by atoms with Crippen molar-refractivity contribution in [3.05, 3.63) is 71.2 Å². The Morgan fingerprint density at radius 1 is 1.14 bits per heavy atom. The molecule has 2 aromatic heterocycles. The summed E-state index contributed by atoms with van der Waals surface area (Å²) in [6.07, 6.45) is -0.0872. The number of aryl methyl sites for hydroxylation is 1. The monoisotopic (exact) mass is 377 g/mol. The molecule has 0 radical (unpaired) electrons. The maximum Gasteiger partial charge on any atom is 0.258 e. The van der Waals surface area contributed by atoms with E-state index in [1.807, 2.05) is 4.68 Å². The van der Waals surface area contributed by atoms with Gasteiger partial charge in [-0.1, -0.05) is 46.3 Å². The Balaban J connectivity index is 1.42. The van der Waals surface area contributed by atoms with Crippen molar-refractivity contribution < 1.29 is 13.7 Å². The summed E-state index contributed by atoms with van der Waals surface area (Å²) in [5.74, 6) is 0.164. The predicted octanol–water partition coefficient (Wildman–Crippen LogP) is 3.71. The summed E-state index contributed by atoms with van der Waals surface area (Å²) in [5, 5.41) is 12.4. The zero-order valence-corrected chi connectivity index (χ0v) is 15.0. The van der Waals surface area contributed by atoms with Crippen molar-refractivity contribution in [1.82, 2.24) is 25.1 Å². The summed E-state index contributed by atoms with van der Waals surface area (Å²) >= 11 is 0. The van der Waals surface area contributed by atoms with Crippen LogP contribution in [0.5, 0.6) is 0 Å². The van der Waals surface area contributed by atoms with Gasteiger partial charge in [-0.2, -0.15) is 4.98 Å². The summed E-state index contributed by atoms with van der Waals surface area (Å²) in [6, 6.07) is 14.2. The first-order valence-electron chi connectivity index (χ1n) is 8.88. The van der Waals surface area contributed by atoms with Gasteiger partial charge >= 0.3 is 0 Å². The highest BCUT2D eigenvalue weighted by atomic mass is 19.1. The van der Waals surface area contributed by atoms with E-state index in [4.69, 9.17) is 9.26 Å². The van der Waals surface area contributed by atoms with Crippen LogP contribution in [-0.2, 0) is 17.9 Å². The van der Waals surface area contributed by atoms with Crippen molar-refractivity contribution in [1.29, 1.82) is 0 Å². The van der Waals surface area contributed by atoms with Crippen molar-refractivity contribution in [2.24, 2.45) is 0 Å². The number of hydrogen-bond donors (Lipinski definition) is 0. The molecule has 7 nitrogen and oxygen atoms in total. The molecular formula is C20H16FN5O2. The largest absolute Gasteiger partial charge is 0.365 e. The van der Waals surface area contributed by atoms with Crippen molar-refractivity contribution in [3.8, 4) is 23.0 Å². The fourth-order valence-electron chi connectivity index (χ4n) is 3.23. The van der Waals surface area contributed by atoms with Gasteiger partial charge in [0, 0.05) is 5.56 Å². The van der Waals surface area contributed by atoms with Gasteiger partial charge in [0.2, 0.25) is 5.82 Å². The van der Waals surface area contributed by atoms with E-state index in [1.54, 1.807) is 12.1 Å². The Bertz CT molecular complexity index is 1140. The molecule has 0 spiro atoms. The van der Waals surface area contributed by atoms with E-state index in [2.05, 4.69) is 51.6 Å². The van der Waals surface area contributed by atoms with Gasteiger partial charge in [0.25, 0.3) is 5.89 Å². The summed E-state index contributed by atoms with van der Waals surface area (Å²) in [4.78, 5) is 4.34. The molecule has 0 fully saturated rings. The van der Waals surface area contributed by atoms with E-state index >= 15 is 0 Å². The molecule has 2 aromatic carbocycles. The van der Waals surface area contributed by atoms with Crippen LogP contribution in [0.3, 0.4) is 0 Å². The van der Waals surface area contributed by atoms with Crippen LogP contribution < -0.4 is 0 Å². The molecule has 0 unspecified atom stereocenters. The summed E-state index contributed by atoms with van der Waals surface area (Å²) in [6.45, 7) is 2.95. The first-order valence-corrected chi connectivity index (χ1v) is 8.88. The average Bonchev–Trinajstić information content (AvgIpc) is 3.35. The Labute approximate surface area is 159 Å². The van der Waals surface area contributed by atoms with Crippen molar-refractivity contribution in [2.45, 2.75) is 26.2 Å². The van der Waals surface area contributed by atoms with Crippen LogP contribution in [0.2, 0.25) is 0 Å². The van der Waals surface area contributed by atoms with Crippen LogP contribution in [-0.4, -0.2) is 25.1 Å². The molecule has 8 heteroatoms. The third-order valence-corrected chi connectivity index (χ3v) is 4.76. The van der Waals surface area contributed by atoms with Crippen LogP contribution in [0.15, 0.2) is 53.1 Å². The number of benzene rings is 2. The molecule has 140 valence electrons. The minimum Gasteiger partial charge on any atom is -0.365 e. The van der Waals surface area contributed by atoms with Gasteiger partial charge in [-0.3, -0.25) is 0 Å². The van der Waals surface area contributed by atoms with E-state index < -0.39 is 0 Å². The third kappa shape index (κ3) is 2.97. The number of ether oxygens (including phenoxy) is 1. The highest BCUT2D eigenvalue weighted by Crippen LogP contribution is 2.30. The van der Waals surface area contributed by atoms with Gasteiger partial charge < -0.3 is 9.26 Å². The van der Waals surface area contributed by atoms with E-state index in [1.165, 1.54) is 17.7 Å². The summed E-state index contributed by atoms with van der Waals surface area (Å²) in [5.41, 5.74) is 4.11. The topological polar surface area (TPSA) is 78.9 Å². The van der Waals surface area contributed by atoms with E-state index in [9.17, 15) is 4.39 Å². The van der Waals surface area contributed by atoms with Crippen LogP contribution in [0.1, 0.15) is 22.9 Å². The number of halogens is 1. The van der Waals surface area contributed by atoms with Crippen LogP contribution in [0.4, 0.5) is 4.39 Å². The molecule has 0 amide bonds. The molecule has 0 aliphatic carbocycles. The van der Waals surface area contributed by atoms with E-state index in [-0.39, 0.29) is 17.8 Å². The van der Waals surface area contributed by atoms with Gasteiger partial charge in [-0.25, -0.2) is 9.07 Å². The highest BCUT2D eigenvalue weighted by Gasteiger charge is 2.27. The van der Waals surface area contributed by atoms with E-state index in [0.717, 1.165) is 11.3 Å². The minimum absolute atomic E-state index is 0.0872. The lowest BCUT2D eigenvalue weighted by Gasteiger charge is -2.24. The summed E-state index contributed by atoms with van der Waals surface area (Å²) in [7, 11) is 0. The maximum absolute atomic E-state index is 13.4. The molecular weight excluding hydrogens is 361 g/mol. The lowest BCUT2D eigenvalue weighted by molar-refractivity contribution is -0.00112. The SMILES string of the molecule is Cc1ccc([C@@H]2Cn3nnc(-c4noc(-c5cccc(F)c5)n4)c3CO2)cc1. The Morgan fingerprint density at radius 2 is 2.00 bits per heavy atom. The molecule has 3 heterocycles. The van der Waals surface area contributed by atoms with Crippen molar-refractivity contribution in [2.75, 3.05) is 0 Å². The zero-order chi connectivity index (χ0) is 19.1. The maximum atomic E-state index is 13.4. The number of fused-ring (bicyclic) bond motifs is 1. The van der Waals surface area contributed by atoms with Gasteiger partial charge in [0.1, 0.15) is 11.9 Å². The number of nitrogens with zero attached hydrogens (tertiary/aromatic N) is 5. The lowest BCUT2D eigenvalue weighted by atomic mass is 10.1. The second-order valence-electron chi connectivity index (χ2n) is 6.71. The molecule has 1 aliphatic heterocycles. The average molecular weight is 377 g/mol. The van der Waals surface area contributed by atoms with Crippen LogP contribution in [0, 0.1) is 12.7 Å². The Morgan fingerprint density at radius 3 is 2.82 bits per heavy atom. The van der Waals surface area contributed by atoms with Gasteiger partial charge in [-0.05, 0) is 30.7 Å². The first-order chi connectivity index (χ1) is 13.7. The van der Waals surface area contributed by atoms with Gasteiger partial charge in [0.15, 0.2) is 5.69 Å². The predicted molar refractivity (Wildman–Crippen MR) is 97.4 cm³/mol. The molecule has 0 saturated heterocycles. The number of aromatic nitrogens is 5. The molecule has 1 atom stereocenters. The fraction of sp³-hybridized carbons (Fsp3) is 0.200. The Hall–Kier alpha value is -3.39. The minimum atomic E-state index is -0.367. The quantitative estimate of drug-likeness (QED) is 0.541. The number of hydrogen-bond acceptors (Lipinski definition) is 6. The number of rotatable bonds is 3. The molecule has 4 aromatic rings. The van der Waals surface area contributed by atoms with Crippen LogP contribution in [0.25, 0.3) is 23.0 Å². The molecule has 28 heavy (non-hydrogen) atoms. The van der Waals surface area contributed by atoms with Gasteiger partial charge in [-0.15, -0.1) is 5.10 Å². The summed E-state index contributed by atoms with van der Waals surface area (Å²) < 4.78 is 26.5. The fourth-order valence-corrected chi connectivity index (χ4v) is 3.23. The van der Waals surface area contributed by atoms with Crippen molar-refractivity contribution in [3.63, 3.8) is 0 Å². The highest BCUT2D eigenvalue weighted by molar-refractivity contribution is 5.58. The lowest BCUT2D eigenvalue weighted by Crippen LogP contribution is -2.22. The van der Waals surface area contributed by atoms with Crippen molar-refractivity contribution >= 4 is 0 Å². The second-order valence-corrected chi connectivity index (χ2v) is 6.71. The molecule has 0 saturated carbocycles. The van der Waals surface area contributed by atoms with Crippen LogP contribution >= 0.6 is 0 Å². The smallest absolute Gasteiger partial charge is 0.258 e. The molecule has 0 bridgehead atoms. The zero-order valence-electron chi connectivity index (χ0n) is 15.0. The molecule has 0 N–H and O–H groups in total. The Kier molecular flexibility index (Phi) is 3.98. The van der Waals surface area contributed by atoms with Gasteiger partial charge in [0.05, 0.1) is 18.8 Å². The standard InChI is InChI=1S/C20H16FN5O2/c1-12-5-7-13(8-6-12)17-10-26-16(11-27-17)18(23-25-26)19-22-20(28-24-19)14-3-2-4-15(21)9-14/h2-9,17H,10-11H2,1H3/t17-/m0/s1. The first kappa shape index (κ1) is 16.8. The van der Waals surface area contributed by atoms with E-state index in [0.29, 0.717) is 30.2 Å².